The fourth-order valence-corrected chi connectivity index (χ4v) is 1.99. The number of nitrogens with zero attached hydrogens (tertiary/aromatic N) is 1. The Morgan fingerprint density at radius 3 is 2.05 bits per heavy atom. The van der Waals surface area contributed by atoms with Crippen LogP contribution in [-0.2, 0) is 14.0 Å². The van der Waals surface area contributed by atoms with Crippen LogP contribution >= 0.6 is 0 Å². The minimum Gasteiger partial charge on any atom is -0.402 e. The van der Waals surface area contributed by atoms with E-state index < -0.39 is 7.12 Å². The van der Waals surface area contributed by atoms with Crippen LogP contribution in [0, 0.1) is 0 Å². The first-order valence-corrected chi connectivity index (χ1v) is 6.94. The highest BCUT2D eigenvalue weighted by Gasteiger charge is 2.53. The van der Waals surface area contributed by atoms with Crippen molar-refractivity contribution < 1.29 is 14.0 Å². The second-order valence-electron chi connectivity index (χ2n) is 6.14. The summed E-state index contributed by atoms with van der Waals surface area (Å²) in [4.78, 5) is 4.47. The molecule has 1 fully saturated rings. The second-order valence-corrected chi connectivity index (χ2v) is 6.14. The molecule has 0 aromatic rings. The van der Waals surface area contributed by atoms with Gasteiger partial charge >= 0.3 is 7.12 Å². The van der Waals surface area contributed by atoms with Gasteiger partial charge in [0.15, 0.2) is 0 Å². The Labute approximate surface area is 122 Å². The topological polar surface area (TPSA) is 66.1 Å². The summed E-state index contributed by atoms with van der Waals surface area (Å²) in [5.41, 5.74) is 7.56. The van der Waals surface area contributed by atoms with E-state index in [1.165, 1.54) is 0 Å². The number of allylic oxidation sites excluding steroid dienone is 2. The third kappa shape index (κ3) is 3.62. The van der Waals surface area contributed by atoms with E-state index in [4.69, 9.17) is 19.8 Å². The lowest BCUT2D eigenvalue weighted by Crippen LogP contribution is -2.41. The molecule has 5 nitrogen and oxygen atoms in total. The van der Waals surface area contributed by atoms with E-state index in [1.807, 2.05) is 41.5 Å². The molecule has 0 amide bonds. The van der Waals surface area contributed by atoms with Crippen molar-refractivity contribution in [1.82, 2.24) is 0 Å². The van der Waals surface area contributed by atoms with Gasteiger partial charge in [0.05, 0.1) is 24.4 Å². The van der Waals surface area contributed by atoms with Crippen molar-refractivity contribution in [2.45, 2.75) is 52.7 Å². The fourth-order valence-electron chi connectivity index (χ4n) is 1.99. The van der Waals surface area contributed by atoms with Gasteiger partial charge in [0, 0.05) is 24.0 Å². The maximum Gasteiger partial charge on any atom is 0.498 e. The highest BCUT2D eigenvalue weighted by molar-refractivity contribution is 6.62. The fraction of sp³-hybridized carbons (Fsp3) is 0.786. The van der Waals surface area contributed by atoms with Gasteiger partial charge in [0.25, 0.3) is 0 Å². The van der Waals surface area contributed by atoms with Crippen molar-refractivity contribution in [1.29, 1.82) is 0 Å². The molecule has 1 aliphatic heterocycles. The summed E-state index contributed by atoms with van der Waals surface area (Å²) in [6, 6.07) is 0. The van der Waals surface area contributed by atoms with E-state index in [0.29, 0.717) is 18.8 Å². The molecule has 0 saturated carbocycles. The molecular weight excluding hydrogens is 255 g/mol. The quantitative estimate of drug-likeness (QED) is 0.475. The molecule has 0 radical (unpaired) electrons. The highest BCUT2D eigenvalue weighted by atomic mass is 16.7. The lowest BCUT2D eigenvalue weighted by atomic mass is 9.74. The molecule has 1 heterocycles. The summed E-state index contributed by atoms with van der Waals surface area (Å²) in [5, 5.41) is 0. The van der Waals surface area contributed by atoms with Crippen molar-refractivity contribution in [2.24, 2.45) is 10.7 Å². The van der Waals surface area contributed by atoms with Crippen LogP contribution in [0.3, 0.4) is 0 Å². The molecule has 6 heteroatoms. The van der Waals surface area contributed by atoms with Crippen LogP contribution in [-0.4, -0.2) is 44.3 Å². The van der Waals surface area contributed by atoms with Crippen molar-refractivity contribution in [2.75, 3.05) is 20.3 Å². The van der Waals surface area contributed by atoms with Crippen LogP contribution in [0.4, 0.5) is 0 Å². The normalized spacial score (nSPS) is 22.9. The number of nitrogens with two attached hydrogens (primary N) is 1. The maximum absolute atomic E-state index is 6.04. The van der Waals surface area contributed by atoms with Gasteiger partial charge < -0.3 is 19.8 Å². The zero-order valence-electron chi connectivity index (χ0n) is 13.7. The first-order valence-electron chi connectivity index (χ1n) is 6.94. The average molecular weight is 282 g/mol. The van der Waals surface area contributed by atoms with Crippen LogP contribution in [0.25, 0.3) is 0 Å². The van der Waals surface area contributed by atoms with Gasteiger partial charge in [-0.25, -0.2) is 0 Å². The molecule has 20 heavy (non-hydrogen) atoms. The van der Waals surface area contributed by atoms with Crippen molar-refractivity contribution in [3.63, 3.8) is 0 Å². The van der Waals surface area contributed by atoms with Gasteiger partial charge in [0.2, 0.25) is 0 Å². The molecule has 0 unspecified atom stereocenters. The van der Waals surface area contributed by atoms with E-state index in [1.54, 1.807) is 7.11 Å². The Morgan fingerprint density at radius 1 is 1.15 bits per heavy atom. The van der Waals surface area contributed by atoms with Gasteiger partial charge in [0.1, 0.15) is 0 Å². The molecule has 114 valence electrons. The van der Waals surface area contributed by atoms with E-state index in [9.17, 15) is 0 Å². The molecule has 1 saturated heterocycles. The monoisotopic (exact) mass is 282 g/mol. The van der Waals surface area contributed by atoms with Crippen LogP contribution in [0.5, 0.6) is 0 Å². The lowest BCUT2D eigenvalue weighted by molar-refractivity contribution is 0.00578. The predicted octanol–water partition coefficient (Wildman–Crippen LogP) is 1.96. The molecule has 0 atom stereocenters. The number of methoxy groups -OCH3 is 1. The molecule has 2 N–H and O–H groups in total. The van der Waals surface area contributed by atoms with Crippen molar-refractivity contribution >= 4 is 12.8 Å². The minimum absolute atomic E-state index is 0.384. The SMILES string of the molecule is COCCN=C(C)/C(B1OC(C)(C)C(C)(C)O1)=C(/C)N. The average Bonchev–Trinajstić information content (AvgIpc) is 2.47. The van der Waals surface area contributed by atoms with Gasteiger partial charge in [-0.3, -0.25) is 4.99 Å². The largest absolute Gasteiger partial charge is 0.498 e. The van der Waals surface area contributed by atoms with E-state index in [2.05, 4.69) is 4.99 Å². The van der Waals surface area contributed by atoms with Gasteiger partial charge in [-0.15, -0.1) is 0 Å². The molecule has 1 rings (SSSR count). The summed E-state index contributed by atoms with van der Waals surface area (Å²) in [6.45, 7) is 13.0. The molecule has 0 spiro atoms. The summed E-state index contributed by atoms with van der Waals surface area (Å²) in [6.07, 6.45) is 0. The van der Waals surface area contributed by atoms with E-state index in [0.717, 1.165) is 11.2 Å². The smallest absolute Gasteiger partial charge is 0.402 e. The highest BCUT2D eigenvalue weighted by Crippen LogP contribution is 2.39. The van der Waals surface area contributed by atoms with Crippen molar-refractivity contribution in [3.05, 3.63) is 11.2 Å². The summed E-state index contributed by atoms with van der Waals surface area (Å²) in [5.74, 6) is 0. The van der Waals surface area contributed by atoms with E-state index in [-0.39, 0.29) is 11.2 Å². The minimum atomic E-state index is -0.476. The number of hydrogen-bond donors (Lipinski definition) is 1. The first kappa shape index (κ1) is 17.2. The van der Waals surface area contributed by atoms with Gasteiger partial charge in [-0.05, 0) is 41.5 Å². The zero-order chi connectivity index (χ0) is 15.6. The van der Waals surface area contributed by atoms with Gasteiger partial charge in [-0.2, -0.15) is 0 Å². The Hall–Kier alpha value is -0.845. The van der Waals surface area contributed by atoms with Crippen molar-refractivity contribution in [3.8, 4) is 0 Å². The lowest BCUT2D eigenvalue weighted by Gasteiger charge is -2.32. The third-order valence-electron chi connectivity index (χ3n) is 3.95. The van der Waals surface area contributed by atoms with Gasteiger partial charge in [-0.1, -0.05) is 0 Å². The van der Waals surface area contributed by atoms with Crippen LogP contribution < -0.4 is 5.73 Å². The third-order valence-corrected chi connectivity index (χ3v) is 3.95. The summed E-state index contributed by atoms with van der Waals surface area (Å²) < 4.78 is 17.1. The summed E-state index contributed by atoms with van der Waals surface area (Å²) in [7, 11) is 1.18. The van der Waals surface area contributed by atoms with Crippen LogP contribution in [0.15, 0.2) is 16.2 Å². The van der Waals surface area contributed by atoms with Crippen LogP contribution in [0.1, 0.15) is 41.5 Å². The Balaban J connectivity index is 2.96. The molecular formula is C14H27BN2O3. The summed E-state index contributed by atoms with van der Waals surface area (Å²) >= 11 is 0. The number of ether oxygens (including phenoxy) is 1. The number of aliphatic imine (C=N–C) groups is 1. The second kappa shape index (κ2) is 6.29. The molecule has 1 aliphatic rings. The van der Waals surface area contributed by atoms with E-state index >= 15 is 0 Å². The Kier molecular flexibility index (Phi) is 5.41. The zero-order valence-corrected chi connectivity index (χ0v) is 13.7. The Bertz CT molecular complexity index is 397. The first-order chi connectivity index (χ1) is 9.12. The molecule has 0 aliphatic carbocycles. The molecule has 0 aromatic heterocycles. The standard InChI is InChI=1S/C14H27BN2O3/c1-10(16)12(11(2)17-8-9-18-7)15-19-13(3,4)14(5,6)20-15/h8-9,16H2,1-7H3/b12-10+,17-11?. The number of hydrogen-bond acceptors (Lipinski definition) is 5. The Morgan fingerprint density at radius 2 is 1.65 bits per heavy atom. The van der Waals surface area contributed by atoms with Crippen LogP contribution in [0.2, 0.25) is 0 Å². The molecule has 0 aromatic carbocycles. The number of rotatable bonds is 5. The molecule has 0 bridgehead atoms. The maximum atomic E-state index is 6.04. The predicted molar refractivity (Wildman–Crippen MR) is 82.8 cm³/mol.